The van der Waals surface area contributed by atoms with Crippen LogP contribution in [0.15, 0.2) is 28.8 Å². The predicted molar refractivity (Wildman–Crippen MR) is 78.6 cm³/mol. The van der Waals surface area contributed by atoms with Gasteiger partial charge in [-0.15, -0.1) is 0 Å². The molecule has 1 aliphatic carbocycles. The number of anilines is 1. The number of hydrogen-bond donors (Lipinski definition) is 0. The normalized spacial score (nSPS) is 21.8. The third-order valence-electron chi connectivity index (χ3n) is 4.35. The average molecular weight is 285 g/mol. The Balaban J connectivity index is 1.61. The zero-order valence-electron chi connectivity index (χ0n) is 12.2. The molecule has 110 valence electrons. The average Bonchev–Trinajstić information content (AvgIpc) is 3.07. The molecule has 1 saturated heterocycles. The molecule has 0 radical (unpaired) electrons. The molecule has 1 aromatic heterocycles. The van der Waals surface area contributed by atoms with Crippen molar-refractivity contribution in [2.24, 2.45) is 0 Å². The molecule has 5 nitrogen and oxygen atoms in total. The van der Waals surface area contributed by atoms with E-state index in [2.05, 4.69) is 27.2 Å². The summed E-state index contributed by atoms with van der Waals surface area (Å²) in [6, 6.07) is 9.22. The number of methoxy groups -OCH3 is 1. The molecule has 1 saturated carbocycles. The molecule has 4 rings (SSSR count). The Bertz CT molecular complexity index is 636. The summed E-state index contributed by atoms with van der Waals surface area (Å²) in [6.45, 7) is 0.966. The van der Waals surface area contributed by atoms with Crippen LogP contribution in [0, 0.1) is 0 Å². The molecule has 2 heterocycles. The summed E-state index contributed by atoms with van der Waals surface area (Å²) in [4.78, 5) is 6.82. The molecule has 0 spiro atoms. The van der Waals surface area contributed by atoms with E-state index in [0.29, 0.717) is 18.0 Å². The van der Waals surface area contributed by atoms with Crippen molar-refractivity contribution < 1.29 is 9.26 Å². The first-order chi connectivity index (χ1) is 10.3. The molecule has 0 unspecified atom stereocenters. The molecule has 2 aromatic rings. The number of nitrogens with zero attached hydrogens (tertiary/aromatic N) is 3. The van der Waals surface area contributed by atoms with Gasteiger partial charge in [0.1, 0.15) is 5.75 Å². The number of benzene rings is 1. The molecular formula is C16H19N3O2. The van der Waals surface area contributed by atoms with Gasteiger partial charge in [0.15, 0.2) is 5.82 Å². The molecule has 21 heavy (non-hydrogen) atoms. The Hall–Kier alpha value is -2.04. The summed E-state index contributed by atoms with van der Waals surface area (Å²) in [5.74, 6) is 2.30. The number of hydrogen-bond acceptors (Lipinski definition) is 5. The van der Waals surface area contributed by atoms with Gasteiger partial charge in [0.25, 0.3) is 0 Å². The van der Waals surface area contributed by atoms with Gasteiger partial charge in [0.05, 0.1) is 13.2 Å². The van der Waals surface area contributed by atoms with E-state index in [1.165, 1.54) is 18.4 Å². The van der Waals surface area contributed by atoms with Crippen molar-refractivity contribution >= 4 is 6.01 Å². The van der Waals surface area contributed by atoms with Gasteiger partial charge >= 0.3 is 6.01 Å². The molecule has 0 bridgehead atoms. The van der Waals surface area contributed by atoms with Crippen LogP contribution in [0.5, 0.6) is 5.75 Å². The van der Waals surface area contributed by atoms with Crippen LogP contribution in [0.2, 0.25) is 0 Å². The van der Waals surface area contributed by atoms with Gasteiger partial charge in [-0.05, 0) is 43.4 Å². The van der Waals surface area contributed by atoms with E-state index in [-0.39, 0.29) is 0 Å². The maximum atomic E-state index is 5.49. The standard InChI is InChI=1S/C16H19N3O2/c1-20-13-5-2-4-12(10-13)14-6-3-9-19(14)16-17-15(18-21-16)11-7-8-11/h2,4-5,10-11,14H,3,6-9H2,1H3/t14-/m0/s1. The summed E-state index contributed by atoms with van der Waals surface area (Å²) in [5.41, 5.74) is 1.25. The highest BCUT2D eigenvalue weighted by atomic mass is 16.5. The van der Waals surface area contributed by atoms with E-state index in [4.69, 9.17) is 9.26 Å². The highest BCUT2D eigenvalue weighted by molar-refractivity contribution is 5.39. The van der Waals surface area contributed by atoms with Crippen molar-refractivity contribution in [3.63, 3.8) is 0 Å². The molecule has 0 N–H and O–H groups in total. The highest BCUT2D eigenvalue weighted by Gasteiger charge is 2.33. The quantitative estimate of drug-likeness (QED) is 0.862. The minimum Gasteiger partial charge on any atom is -0.497 e. The van der Waals surface area contributed by atoms with Crippen molar-refractivity contribution in [2.45, 2.75) is 37.6 Å². The molecule has 1 aliphatic heterocycles. The van der Waals surface area contributed by atoms with Crippen LogP contribution in [-0.4, -0.2) is 23.8 Å². The summed E-state index contributed by atoms with van der Waals surface area (Å²) >= 11 is 0. The van der Waals surface area contributed by atoms with Crippen LogP contribution >= 0.6 is 0 Å². The van der Waals surface area contributed by atoms with Crippen molar-refractivity contribution in [1.82, 2.24) is 10.1 Å². The Morgan fingerprint density at radius 1 is 1.29 bits per heavy atom. The maximum absolute atomic E-state index is 5.49. The first-order valence-corrected chi connectivity index (χ1v) is 7.59. The number of ether oxygens (including phenoxy) is 1. The first-order valence-electron chi connectivity index (χ1n) is 7.59. The molecule has 0 amide bonds. The SMILES string of the molecule is COc1cccc([C@@H]2CCCN2c2nc(C3CC3)no2)c1. The Morgan fingerprint density at radius 2 is 2.19 bits per heavy atom. The van der Waals surface area contributed by atoms with Gasteiger partial charge in [-0.1, -0.05) is 17.3 Å². The minimum absolute atomic E-state index is 0.299. The largest absolute Gasteiger partial charge is 0.497 e. The lowest BCUT2D eigenvalue weighted by Crippen LogP contribution is -2.22. The fourth-order valence-electron chi connectivity index (χ4n) is 3.04. The van der Waals surface area contributed by atoms with Gasteiger partial charge in [0.2, 0.25) is 0 Å². The summed E-state index contributed by atoms with van der Waals surface area (Å²) in [5, 5.41) is 4.13. The van der Waals surface area contributed by atoms with Crippen LogP contribution in [0.25, 0.3) is 0 Å². The van der Waals surface area contributed by atoms with Crippen LogP contribution in [0.3, 0.4) is 0 Å². The lowest BCUT2D eigenvalue weighted by atomic mass is 10.0. The van der Waals surface area contributed by atoms with Gasteiger partial charge in [-0.25, -0.2) is 0 Å². The van der Waals surface area contributed by atoms with Crippen molar-refractivity contribution in [2.75, 3.05) is 18.6 Å². The topological polar surface area (TPSA) is 51.4 Å². The molecule has 2 aliphatic rings. The summed E-state index contributed by atoms with van der Waals surface area (Å²) < 4.78 is 10.8. The third-order valence-corrected chi connectivity index (χ3v) is 4.35. The molecular weight excluding hydrogens is 266 g/mol. The van der Waals surface area contributed by atoms with Gasteiger partial charge < -0.3 is 14.2 Å². The van der Waals surface area contributed by atoms with Gasteiger partial charge in [-0.3, -0.25) is 0 Å². The Kier molecular flexibility index (Phi) is 3.05. The second-order valence-electron chi connectivity index (χ2n) is 5.84. The minimum atomic E-state index is 0.299. The lowest BCUT2D eigenvalue weighted by Gasteiger charge is -2.22. The van der Waals surface area contributed by atoms with Crippen LogP contribution in [0.4, 0.5) is 6.01 Å². The van der Waals surface area contributed by atoms with Crippen LogP contribution in [0.1, 0.15) is 49.0 Å². The highest BCUT2D eigenvalue weighted by Crippen LogP contribution is 2.41. The third kappa shape index (κ3) is 2.37. The smallest absolute Gasteiger partial charge is 0.324 e. The maximum Gasteiger partial charge on any atom is 0.324 e. The van der Waals surface area contributed by atoms with E-state index in [1.54, 1.807) is 7.11 Å². The second kappa shape index (κ2) is 5.06. The zero-order chi connectivity index (χ0) is 14.2. The monoisotopic (exact) mass is 285 g/mol. The van der Waals surface area contributed by atoms with Gasteiger partial charge in [-0.2, -0.15) is 4.98 Å². The lowest BCUT2D eigenvalue weighted by molar-refractivity contribution is 0.402. The van der Waals surface area contributed by atoms with E-state index in [1.807, 2.05) is 12.1 Å². The molecule has 2 fully saturated rings. The van der Waals surface area contributed by atoms with E-state index < -0.39 is 0 Å². The summed E-state index contributed by atoms with van der Waals surface area (Å²) in [7, 11) is 1.70. The van der Waals surface area contributed by atoms with Crippen LogP contribution in [-0.2, 0) is 0 Å². The fourth-order valence-corrected chi connectivity index (χ4v) is 3.04. The van der Waals surface area contributed by atoms with Gasteiger partial charge in [0, 0.05) is 12.5 Å². The molecule has 1 atom stereocenters. The second-order valence-corrected chi connectivity index (χ2v) is 5.84. The Labute approximate surface area is 123 Å². The van der Waals surface area contributed by atoms with E-state index >= 15 is 0 Å². The van der Waals surface area contributed by atoms with E-state index in [0.717, 1.165) is 31.0 Å². The van der Waals surface area contributed by atoms with Crippen molar-refractivity contribution in [3.05, 3.63) is 35.7 Å². The summed E-state index contributed by atoms with van der Waals surface area (Å²) in [6.07, 6.45) is 4.63. The van der Waals surface area contributed by atoms with Crippen molar-refractivity contribution in [3.8, 4) is 5.75 Å². The Morgan fingerprint density at radius 3 is 3.00 bits per heavy atom. The number of aromatic nitrogens is 2. The van der Waals surface area contributed by atoms with Crippen LogP contribution < -0.4 is 9.64 Å². The number of rotatable bonds is 4. The first kappa shape index (κ1) is 12.7. The van der Waals surface area contributed by atoms with E-state index in [9.17, 15) is 0 Å². The van der Waals surface area contributed by atoms with Crippen molar-refractivity contribution in [1.29, 1.82) is 0 Å². The predicted octanol–water partition coefficient (Wildman–Crippen LogP) is 3.30. The fraction of sp³-hybridized carbons (Fsp3) is 0.500. The molecule has 1 aromatic carbocycles. The zero-order valence-corrected chi connectivity index (χ0v) is 12.2. The molecule has 5 heteroatoms.